The number of thioether (sulfide) groups is 1. The van der Waals surface area contributed by atoms with Crippen LogP contribution in [0.2, 0.25) is 5.02 Å². The lowest BCUT2D eigenvalue weighted by molar-refractivity contribution is -0.121. The SMILES string of the molecule is CCN1C(=O)/C(=C/c2coc3ccc(Cl)cc3c2=O)SC1=S. The number of amides is 1. The van der Waals surface area contributed by atoms with E-state index in [1.807, 2.05) is 6.92 Å². The van der Waals surface area contributed by atoms with Gasteiger partial charge in [-0.25, -0.2) is 0 Å². The largest absolute Gasteiger partial charge is 0.463 e. The highest BCUT2D eigenvalue weighted by Crippen LogP contribution is 2.32. The second kappa shape index (κ2) is 5.87. The quantitative estimate of drug-likeness (QED) is 0.610. The van der Waals surface area contributed by atoms with Gasteiger partial charge in [-0.15, -0.1) is 0 Å². The van der Waals surface area contributed by atoms with Gasteiger partial charge in [0.15, 0.2) is 5.43 Å². The van der Waals surface area contributed by atoms with Gasteiger partial charge in [0, 0.05) is 11.6 Å². The predicted octanol–water partition coefficient (Wildman–Crippen LogP) is 3.67. The molecule has 2 heterocycles. The highest BCUT2D eigenvalue weighted by atomic mass is 35.5. The highest BCUT2D eigenvalue weighted by molar-refractivity contribution is 8.26. The summed E-state index contributed by atoms with van der Waals surface area (Å²) in [6.07, 6.45) is 2.86. The summed E-state index contributed by atoms with van der Waals surface area (Å²) < 4.78 is 5.93. The van der Waals surface area contributed by atoms with Gasteiger partial charge < -0.3 is 4.42 Å². The number of hydrogen-bond acceptors (Lipinski definition) is 5. The molecule has 0 radical (unpaired) electrons. The van der Waals surface area contributed by atoms with E-state index in [2.05, 4.69) is 0 Å². The van der Waals surface area contributed by atoms with Gasteiger partial charge in [0.05, 0.1) is 15.9 Å². The molecule has 1 aliphatic heterocycles. The topological polar surface area (TPSA) is 50.5 Å². The van der Waals surface area contributed by atoms with Gasteiger partial charge in [0.25, 0.3) is 5.91 Å². The molecule has 0 aliphatic carbocycles. The molecular formula is C15H10ClNO3S2. The summed E-state index contributed by atoms with van der Waals surface area (Å²) >= 11 is 12.2. The number of fused-ring (bicyclic) bond motifs is 1. The first-order valence-corrected chi connectivity index (χ1v) is 8.08. The van der Waals surface area contributed by atoms with Gasteiger partial charge in [0.2, 0.25) is 0 Å². The molecule has 1 amide bonds. The van der Waals surface area contributed by atoms with Crippen LogP contribution in [-0.4, -0.2) is 21.7 Å². The van der Waals surface area contributed by atoms with Crippen LogP contribution in [0.1, 0.15) is 12.5 Å². The van der Waals surface area contributed by atoms with Crippen LogP contribution in [0.15, 0.2) is 38.6 Å². The Labute approximate surface area is 140 Å². The fourth-order valence-electron chi connectivity index (χ4n) is 2.13. The zero-order valence-corrected chi connectivity index (χ0v) is 13.8. The van der Waals surface area contributed by atoms with E-state index in [4.69, 9.17) is 28.2 Å². The predicted molar refractivity (Wildman–Crippen MR) is 93.0 cm³/mol. The van der Waals surface area contributed by atoms with Crippen molar-refractivity contribution in [2.24, 2.45) is 0 Å². The summed E-state index contributed by atoms with van der Waals surface area (Å²) in [6.45, 7) is 2.35. The summed E-state index contributed by atoms with van der Waals surface area (Å²) in [5.74, 6) is -0.192. The second-order valence-electron chi connectivity index (χ2n) is 4.59. The Hall–Kier alpha value is -1.63. The number of halogens is 1. The molecule has 1 aliphatic rings. The Morgan fingerprint density at radius 3 is 2.86 bits per heavy atom. The van der Waals surface area contributed by atoms with Crippen molar-refractivity contribution in [2.75, 3.05) is 6.54 Å². The number of rotatable bonds is 2. The first kappa shape index (κ1) is 15.3. The molecule has 0 bridgehead atoms. The second-order valence-corrected chi connectivity index (χ2v) is 6.70. The Bertz CT molecular complexity index is 888. The van der Waals surface area contributed by atoms with Crippen molar-refractivity contribution in [1.29, 1.82) is 0 Å². The average Bonchev–Trinajstić information content (AvgIpc) is 2.76. The lowest BCUT2D eigenvalue weighted by atomic mass is 10.1. The third-order valence-electron chi connectivity index (χ3n) is 3.24. The van der Waals surface area contributed by atoms with Gasteiger partial charge in [-0.05, 0) is 31.2 Å². The molecule has 3 rings (SSSR count). The number of carbonyl (C=O) groups excluding carboxylic acids is 1. The molecule has 2 aromatic rings. The maximum atomic E-state index is 12.5. The molecule has 1 aromatic carbocycles. The van der Waals surface area contributed by atoms with E-state index in [-0.39, 0.29) is 11.3 Å². The van der Waals surface area contributed by atoms with Crippen molar-refractivity contribution < 1.29 is 9.21 Å². The van der Waals surface area contributed by atoms with Crippen molar-refractivity contribution in [2.45, 2.75) is 6.92 Å². The van der Waals surface area contributed by atoms with Crippen molar-refractivity contribution >= 4 is 62.9 Å². The van der Waals surface area contributed by atoms with Crippen molar-refractivity contribution in [3.05, 3.63) is 50.2 Å². The molecule has 0 atom stereocenters. The third kappa shape index (κ3) is 2.58. The molecule has 1 fully saturated rings. The van der Waals surface area contributed by atoms with Crippen LogP contribution < -0.4 is 5.43 Å². The fourth-order valence-corrected chi connectivity index (χ4v) is 3.68. The number of carbonyl (C=O) groups is 1. The van der Waals surface area contributed by atoms with E-state index in [0.29, 0.717) is 37.3 Å². The van der Waals surface area contributed by atoms with E-state index >= 15 is 0 Å². The number of benzene rings is 1. The highest BCUT2D eigenvalue weighted by Gasteiger charge is 2.30. The molecule has 7 heteroatoms. The van der Waals surface area contributed by atoms with E-state index in [1.54, 1.807) is 18.2 Å². The standard InChI is InChI=1S/C15H10ClNO3S2/c1-2-17-14(19)12(22-15(17)21)5-8-7-20-11-4-3-9(16)6-10(11)13(8)18/h3-7H,2H2,1H3/b12-5-. The van der Waals surface area contributed by atoms with Crippen molar-refractivity contribution in [3.8, 4) is 0 Å². The zero-order valence-electron chi connectivity index (χ0n) is 11.5. The molecule has 4 nitrogen and oxygen atoms in total. The summed E-state index contributed by atoms with van der Waals surface area (Å²) in [7, 11) is 0. The smallest absolute Gasteiger partial charge is 0.266 e. The molecule has 112 valence electrons. The Balaban J connectivity index is 2.10. The lowest BCUT2D eigenvalue weighted by Crippen LogP contribution is -2.27. The van der Waals surface area contributed by atoms with Crippen LogP contribution in [0.4, 0.5) is 0 Å². The molecule has 0 N–H and O–H groups in total. The Kier molecular flexibility index (Phi) is 4.08. The van der Waals surface area contributed by atoms with E-state index in [9.17, 15) is 9.59 Å². The summed E-state index contributed by atoms with van der Waals surface area (Å²) in [4.78, 5) is 26.6. The van der Waals surface area contributed by atoms with Gasteiger partial charge in [-0.1, -0.05) is 35.6 Å². The first-order chi connectivity index (χ1) is 10.5. The van der Waals surface area contributed by atoms with Gasteiger partial charge >= 0.3 is 0 Å². The fraction of sp³-hybridized carbons (Fsp3) is 0.133. The van der Waals surface area contributed by atoms with Crippen LogP contribution >= 0.6 is 35.6 Å². The molecule has 0 spiro atoms. The van der Waals surface area contributed by atoms with Gasteiger partial charge in [-0.2, -0.15) is 0 Å². The Morgan fingerprint density at radius 2 is 2.18 bits per heavy atom. The molecule has 0 saturated carbocycles. The number of likely N-dealkylation sites (N-methyl/N-ethyl adjacent to an activating group) is 1. The van der Waals surface area contributed by atoms with E-state index < -0.39 is 0 Å². The zero-order chi connectivity index (χ0) is 15.9. The minimum atomic E-state index is -0.231. The first-order valence-electron chi connectivity index (χ1n) is 6.47. The van der Waals surface area contributed by atoms with Crippen LogP contribution in [0.25, 0.3) is 17.0 Å². The Morgan fingerprint density at radius 1 is 1.41 bits per heavy atom. The van der Waals surface area contributed by atoms with Gasteiger partial charge in [0.1, 0.15) is 16.2 Å². The van der Waals surface area contributed by atoms with Crippen LogP contribution in [0.3, 0.4) is 0 Å². The van der Waals surface area contributed by atoms with E-state index in [0.717, 1.165) is 0 Å². The van der Waals surface area contributed by atoms with E-state index in [1.165, 1.54) is 29.0 Å². The molecule has 22 heavy (non-hydrogen) atoms. The molecule has 0 unspecified atom stereocenters. The number of nitrogens with zero attached hydrogens (tertiary/aromatic N) is 1. The molecular weight excluding hydrogens is 342 g/mol. The summed E-state index contributed by atoms with van der Waals surface area (Å²) in [5.41, 5.74) is 0.518. The average molecular weight is 352 g/mol. The van der Waals surface area contributed by atoms with Crippen LogP contribution in [-0.2, 0) is 4.79 Å². The maximum absolute atomic E-state index is 12.5. The van der Waals surface area contributed by atoms with Crippen molar-refractivity contribution in [3.63, 3.8) is 0 Å². The van der Waals surface area contributed by atoms with Crippen molar-refractivity contribution in [1.82, 2.24) is 4.90 Å². The number of hydrogen-bond donors (Lipinski definition) is 0. The minimum Gasteiger partial charge on any atom is -0.463 e. The number of thiocarbonyl (C=S) groups is 1. The maximum Gasteiger partial charge on any atom is 0.266 e. The minimum absolute atomic E-state index is 0.192. The van der Waals surface area contributed by atoms with Crippen LogP contribution in [0.5, 0.6) is 0 Å². The monoisotopic (exact) mass is 351 g/mol. The molecule has 1 aromatic heterocycles. The normalized spacial score (nSPS) is 17.0. The summed E-state index contributed by atoms with van der Waals surface area (Å²) in [6, 6.07) is 4.84. The van der Waals surface area contributed by atoms with Crippen LogP contribution in [0, 0.1) is 0 Å². The molecule has 1 saturated heterocycles. The third-order valence-corrected chi connectivity index (χ3v) is 4.85. The lowest BCUT2D eigenvalue weighted by Gasteiger charge is -2.09. The summed E-state index contributed by atoms with van der Waals surface area (Å²) in [5, 5.41) is 0.835. The van der Waals surface area contributed by atoms with Gasteiger partial charge in [-0.3, -0.25) is 14.5 Å².